The van der Waals surface area contributed by atoms with Gasteiger partial charge in [0.1, 0.15) is 11.7 Å². The van der Waals surface area contributed by atoms with Crippen LogP contribution in [0.1, 0.15) is 54.4 Å². The molecule has 1 aliphatic rings. The predicted octanol–water partition coefficient (Wildman–Crippen LogP) is 2.98. The Morgan fingerprint density at radius 2 is 1.50 bits per heavy atom. The zero-order chi connectivity index (χ0) is 15.6. The molecule has 1 heterocycles. The first-order chi connectivity index (χ1) is 8.99. The normalized spacial score (nSPS) is 17.8. The molecular formula is C15H27NO4. The first-order valence-electron chi connectivity index (χ1n) is 7.18. The fraction of sp³-hybridized carbons (Fsp3) is 0.867. The van der Waals surface area contributed by atoms with Crippen LogP contribution in [0.3, 0.4) is 0 Å². The van der Waals surface area contributed by atoms with Gasteiger partial charge in [0.25, 0.3) is 0 Å². The summed E-state index contributed by atoms with van der Waals surface area (Å²) in [4.78, 5) is 25.4. The molecular weight excluding hydrogens is 258 g/mol. The van der Waals surface area contributed by atoms with Crippen molar-refractivity contribution in [1.82, 2.24) is 4.90 Å². The van der Waals surface area contributed by atoms with Gasteiger partial charge in [-0.2, -0.15) is 0 Å². The monoisotopic (exact) mass is 285 g/mol. The minimum atomic E-state index is -0.484. The second-order valence-electron chi connectivity index (χ2n) is 7.32. The van der Waals surface area contributed by atoms with Crippen molar-refractivity contribution in [3.05, 3.63) is 0 Å². The van der Waals surface area contributed by atoms with E-state index in [0.29, 0.717) is 25.9 Å². The molecule has 5 nitrogen and oxygen atoms in total. The summed E-state index contributed by atoms with van der Waals surface area (Å²) in [5.74, 6) is -0.187. The van der Waals surface area contributed by atoms with E-state index in [1.54, 1.807) is 4.90 Å². The molecule has 0 bridgehead atoms. The molecule has 0 aromatic carbocycles. The Morgan fingerprint density at radius 1 is 1.00 bits per heavy atom. The Hall–Kier alpha value is -1.26. The van der Waals surface area contributed by atoms with Gasteiger partial charge in [-0.1, -0.05) is 0 Å². The van der Waals surface area contributed by atoms with Gasteiger partial charge in [-0.25, -0.2) is 4.79 Å². The minimum Gasteiger partial charge on any atom is -0.462 e. The van der Waals surface area contributed by atoms with Crippen molar-refractivity contribution in [2.45, 2.75) is 66.1 Å². The molecule has 1 fully saturated rings. The van der Waals surface area contributed by atoms with E-state index in [4.69, 9.17) is 9.47 Å². The van der Waals surface area contributed by atoms with E-state index in [1.807, 2.05) is 41.5 Å². The van der Waals surface area contributed by atoms with E-state index >= 15 is 0 Å². The van der Waals surface area contributed by atoms with Crippen LogP contribution in [0.5, 0.6) is 0 Å². The fourth-order valence-corrected chi connectivity index (χ4v) is 1.81. The Labute approximate surface area is 121 Å². The lowest BCUT2D eigenvalue weighted by Gasteiger charge is -2.34. The van der Waals surface area contributed by atoms with Crippen LogP contribution in [0.25, 0.3) is 0 Å². The third kappa shape index (κ3) is 5.39. The second-order valence-corrected chi connectivity index (χ2v) is 7.32. The number of ether oxygens (including phenoxy) is 2. The van der Waals surface area contributed by atoms with Gasteiger partial charge in [0.05, 0.1) is 5.41 Å². The molecule has 5 heteroatoms. The summed E-state index contributed by atoms with van der Waals surface area (Å²) in [5, 5.41) is 0. The first kappa shape index (κ1) is 16.8. The molecule has 20 heavy (non-hydrogen) atoms. The smallest absolute Gasteiger partial charge is 0.410 e. The summed E-state index contributed by atoms with van der Waals surface area (Å²) in [6.45, 7) is 12.2. The second kappa shape index (κ2) is 6.02. The van der Waals surface area contributed by atoms with Crippen LogP contribution in [0.15, 0.2) is 0 Å². The molecule has 0 radical (unpaired) electrons. The highest BCUT2D eigenvalue weighted by atomic mass is 16.6. The van der Waals surface area contributed by atoms with Gasteiger partial charge in [-0.15, -0.1) is 0 Å². The average molecular weight is 285 g/mol. The molecule has 116 valence electrons. The number of esters is 1. The maximum Gasteiger partial charge on any atom is 0.410 e. The van der Waals surface area contributed by atoms with Crippen molar-refractivity contribution in [1.29, 1.82) is 0 Å². The van der Waals surface area contributed by atoms with Crippen molar-refractivity contribution < 1.29 is 19.1 Å². The summed E-state index contributed by atoms with van der Waals surface area (Å²) in [6.07, 6.45) is 0.945. The molecule has 1 rings (SSSR count). The van der Waals surface area contributed by atoms with Gasteiger partial charge in [0, 0.05) is 25.9 Å². The van der Waals surface area contributed by atoms with E-state index in [1.165, 1.54) is 0 Å². The molecule has 1 amide bonds. The number of likely N-dealkylation sites (tertiary alicyclic amines) is 1. The third-order valence-corrected chi connectivity index (χ3v) is 2.98. The summed E-state index contributed by atoms with van der Waals surface area (Å²) in [5.41, 5.74) is -0.963. The Kier molecular flexibility index (Phi) is 5.05. The number of amides is 1. The minimum absolute atomic E-state index is 0.0968. The van der Waals surface area contributed by atoms with Crippen LogP contribution in [-0.2, 0) is 14.3 Å². The van der Waals surface area contributed by atoms with Crippen LogP contribution >= 0.6 is 0 Å². The molecule has 0 N–H and O–H groups in total. The molecule has 0 aromatic heterocycles. The van der Waals surface area contributed by atoms with Crippen molar-refractivity contribution in [2.75, 3.05) is 13.1 Å². The summed E-state index contributed by atoms with van der Waals surface area (Å²) in [7, 11) is 0. The van der Waals surface area contributed by atoms with Crippen LogP contribution in [0.4, 0.5) is 4.79 Å². The fourth-order valence-electron chi connectivity index (χ4n) is 1.81. The number of hydrogen-bond donors (Lipinski definition) is 0. The van der Waals surface area contributed by atoms with Crippen molar-refractivity contribution in [3.8, 4) is 0 Å². The number of carbonyl (C=O) groups excluding carboxylic acids is 2. The maximum absolute atomic E-state index is 11.9. The lowest BCUT2D eigenvalue weighted by molar-refractivity contribution is -0.160. The number of nitrogens with zero attached hydrogens (tertiary/aromatic N) is 1. The van der Waals surface area contributed by atoms with Gasteiger partial charge >= 0.3 is 12.1 Å². The molecule has 0 unspecified atom stereocenters. The molecule has 0 atom stereocenters. The van der Waals surface area contributed by atoms with E-state index in [2.05, 4.69) is 0 Å². The lowest BCUT2D eigenvalue weighted by atomic mass is 9.97. The Balaban J connectivity index is 2.41. The quantitative estimate of drug-likeness (QED) is 0.695. The number of carbonyl (C=O) groups is 2. The van der Waals surface area contributed by atoms with Crippen LogP contribution in [0, 0.1) is 5.41 Å². The predicted molar refractivity (Wildman–Crippen MR) is 76.4 cm³/mol. The molecule has 1 saturated heterocycles. The molecule has 0 aliphatic carbocycles. The zero-order valence-electron chi connectivity index (χ0n) is 13.5. The summed E-state index contributed by atoms with van der Waals surface area (Å²) >= 11 is 0. The largest absolute Gasteiger partial charge is 0.462 e. The van der Waals surface area contributed by atoms with Crippen LogP contribution in [-0.4, -0.2) is 41.8 Å². The third-order valence-electron chi connectivity index (χ3n) is 2.98. The van der Waals surface area contributed by atoms with Gasteiger partial charge in [-0.05, 0) is 41.5 Å². The highest BCUT2D eigenvalue weighted by Crippen LogP contribution is 2.21. The summed E-state index contributed by atoms with van der Waals surface area (Å²) in [6, 6.07) is 0. The van der Waals surface area contributed by atoms with Crippen molar-refractivity contribution in [2.24, 2.45) is 5.41 Å². The van der Waals surface area contributed by atoms with Crippen LogP contribution < -0.4 is 0 Å². The highest BCUT2D eigenvalue weighted by molar-refractivity contribution is 5.75. The molecule has 0 spiro atoms. The van der Waals surface area contributed by atoms with Crippen molar-refractivity contribution in [3.63, 3.8) is 0 Å². The Morgan fingerprint density at radius 3 is 1.90 bits per heavy atom. The topological polar surface area (TPSA) is 55.8 Å². The Bertz CT molecular complexity index is 357. The molecule has 0 saturated carbocycles. The van der Waals surface area contributed by atoms with E-state index in [0.717, 1.165) is 0 Å². The van der Waals surface area contributed by atoms with Crippen LogP contribution in [0.2, 0.25) is 0 Å². The maximum atomic E-state index is 11.9. The van der Waals surface area contributed by atoms with E-state index < -0.39 is 11.0 Å². The zero-order valence-corrected chi connectivity index (χ0v) is 13.5. The van der Waals surface area contributed by atoms with Crippen molar-refractivity contribution >= 4 is 12.1 Å². The number of hydrogen-bond acceptors (Lipinski definition) is 4. The average Bonchev–Trinajstić information content (AvgIpc) is 2.26. The van der Waals surface area contributed by atoms with E-state index in [9.17, 15) is 9.59 Å². The summed E-state index contributed by atoms with van der Waals surface area (Å²) < 4.78 is 10.8. The number of piperidine rings is 1. The lowest BCUT2D eigenvalue weighted by Crippen LogP contribution is -2.44. The number of rotatable bonds is 1. The standard InChI is InChI=1S/C15H27NO4/c1-14(2,3)12(17)19-11-7-9-16(10-8-11)13(18)20-15(4,5)6/h11H,7-10H2,1-6H3. The van der Waals surface area contributed by atoms with Gasteiger partial charge in [0.15, 0.2) is 0 Å². The molecule has 1 aliphatic heterocycles. The van der Waals surface area contributed by atoms with Gasteiger partial charge in [-0.3, -0.25) is 4.79 Å². The first-order valence-corrected chi connectivity index (χ1v) is 7.18. The highest BCUT2D eigenvalue weighted by Gasteiger charge is 2.31. The van der Waals surface area contributed by atoms with Gasteiger partial charge < -0.3 is 14.4 Å². The van der Waals surface area contributed by atoms with Gasteiger partial charge in [0.2, 0.25) is 0 Å². The SMILES string of the molecule is CC(C)(C)OC(=O)N1CCC(OC(=O)C(C)(C)C)CC1. The van der Waals surface area contributed by atoms with E-state index in [-0.39, 0.29) is 18.2 Å². The molecule has 0 aromatic rings.